The van der Waals surface area contributed by atoms with Crippen LogP contribution in [0, 0.1) is 6.92 Å². The molecule has 0 heterocycles. The van der Waals surface area contributed by atoms with Gasteiger partial charge in [0.05, 0.1) is 17.7 Å². The van der Waals surface area contributed by atoms with Crippen molar-refractivity contribution in [1.82, 2.24) is 4.72 Å². The van der Waals surface area contributed by atoms with Crippen molar-refractivity contribution in [3.63, 3.8) is 0 Å². The minimum absolute atomic E-state index is 0.157. The highest BCUT2D eigenvalue weighted by atomic mass is 32.2. The largest absolute Gasteiger partial charge is 0.495 e. The van der Waals surface area contributed by atoms with E-state index in [9.17, 15) is 13.2 Å². The van der Waals surface area contributed by atoms with Gasteiger partial charge in [-0.2, -0.15) is 0 Å². The Hall–Kier alpha value is -2.58. The molecule has 7 nitrogen and oxygen atoms in total. The molecule has 0 fully saturated rings. The topological polar surface area (TPSA) is 93.7 Å². The average Bonchev–Trinajstić information content (AvgIpc) is 2.67. The molecule has 0 aromatic heterocycles. The standard InChI is InChI=1S/C20H26N2O5S/c1-4-5-12-21-28(24,25)17-9-7-16(8-10-17)27-14-20(23)22-18-13-15(2)6-11-19(18)26-3/h6-11,13,21H,4-5,12,14H2,1-3H3,(H,22,23). The van der Waals surface area contributed by atoms with Gasteiger partial charge in [-0.3, -0.25) is 4.79 Å². The van der Waals surface area contributed by atoms with E-state index in [-0.39, 0.29) is 17.4 Å². The number of benzene rings is 2. The average molecular weight is 407 g/mol. The third kappa shape index (κ3) is 6.24. The Balaban J connectivity index is 1.92. The SMILES string of the molecule is CCCCNS(=O)(=O)c1ccc(OCC(=O)Nc2cc(C)ccc2OC)cc1. The summed E-state index contributed by atoms with van der Waals surface area (Å²) in [4.78, 5) is 12.3. The van der Waals surface area contributed by atoms with Crippen LogP contribution in [0.1, 0.15) is 25.3 Å². The fourth-order valence-electron chi connectivity index (χ4n) is 2.44. The zero-order chi connectivity index (χ0) is 20.6. The van der Waals surface area contributed by atoms with Crippen LogP contribution in [0.25, 0.3) is 0 Å². The van der Waals surface area contributed by atoms with E-state index in [1.165, 1.54) is 31.4 Å². The maximum absolute atomic E-state index is 12.1. The maximum Gasteiger partial charge on any atom is 0.262 e. The molecule has 2 aromatic rings. The first-order chi connectivity index (χ1) is 13.4. The van der Waals surface area contributed by atoms with Crippen molar-refractivity contribution in [2.75, 3.05) is 25.6 Å². The summed E-state index contributed by atoms with van der Waals surface area (Å²) in [7, 11) is -2.00. The summed E-state index contributed by atoms with van der Waals surface area (Å²) in [5, 5.41) is 2.74. The second-order valence-electron chi connectivity index (χ2n) is 6.26. The molecule has 2 aromatic carbocycles. The molecular formula is C20H26N2O5S. The number of carbonyl (C=O) groups is 1. The van der Waals surface area contributed by atoms with Gasteiger partial charge in [0, 0.05) is 6.54 Å². The Bertz CT molecular complexity index is 895. The van der Waals surface area contributed by atoms with E-state index in [1.807, 2.05) is 26.0 Å². The first kappa shape index (κ1) is 21.7. The van der Waals surface area contributed by atoms with Crippen LogP contribution in [-0.2, 0) is 14.8 Å². The summed E-state index contributed by atoms with van der Waals surface area (Å²) < 4.78 is 37.5. The molecular weight excluding hydrogens is 380 g/mol. The number of ether oxygens (including phenoxy) is 2. The molecule has 0 aliphatic rings. The van der Waals surface area contributed by atoms with Gasteiger partial charge in [0.15, 0.2) is 6.61 Å². The van der Waals surface area contributed by atoms with E-state index < -0.39 is 10.0 Å². The van der Waals surface area contributed by atoms with Crippen molar-refractivity contribution in [3.8, 4) is 11.5 Å². The number of nitrogens with one attached hydrogen (secondary N) is 2. The number of unbranched alkanes of at least 4 members (excludes halogenated alkanes) is 1. The third-order valence-corrected chi connectivity index (χ3v) is 5.43. The summed E-state index contributed by atoms with van der Waals surface area (Å²) in [6.07, 6.45) is 1.69. The predicted octanol–water partition coefficient (Wildman–Crippen LogP) is 3.10. The van der Waals surface area contributed by atoms with Crippen molar-refractivity contribution in [2.24, 2.45) is 0 Å². The van der Waals surface area contributed by atoms with Crippen LogP contribution in [0.15, 0.2) is 47.4 Å². The summed E-state index contributed by atoms with van der Waals surface area (Å²) >= 11 is 0. The molecule has 2 N–H and O–H groups in total. The number of hydrogen-bond donors (Lipinski definition) is 2. The maximum atomic E-state index is 12.1. The fraction of sp³-hybridized carbons (Fsp3) is 0.350. The van der Waals surface area contributed by atoms with Gasteiger partial charge in [0.1, 0.15) is 11.5 Å². The first-order valence-corrected chi connectivity index (χ1v) is 10.5. The van der Waals surface area contributed by atoms with Crippen molar-refractivity contribution in [3.05, 3.63) is 48.0 Å². The van der Waals surface area contributed by atoms with Crippen LogP contribution in [0.3, 0.4) is 0 Å². The van der Waals surface area contributed by atoms with E-state index >= 15 is 0 Å². The molecule has 28 heavy (non-hydrogen) atoms. The molecule has 0 atom stereocenters. The third-order valence-electron chi connectivity index (χ3n) is 3.96. The van der Waals surface area contributed by atoms with Crippen molar-refractivity contribution < 1.29 is 22.7 Å². The van der Waals surface area contributed by atoms with Gasteiger partial charge < -0.3 is 14.8 Å². The van der Waals surface area contributed by atoms with Crippen molar-refractivity contribution in [1.29, 1.82) is 0 Å². The number of sulfonamides is 1. The molecule has 1 amide bonds. The van der Waals surface area contributed by atoms with Gasteiger partial charge in [-0.05, 0) is 55.3 Å². The minimum Gasteiger partial charge on any atom is -0.495 e. The predicted molar refractivity (Wildman–Crippen MR) is 108 cm³/mol. The summed E-state index contributed by atoms with van der Waals surface area (Å²) in [5.41, 5.74) is 1.55. The number of hydrogen-bond acceptors (Lipinski definition) is 5. The summed E-state index contributed by atoms with van der Waals surface area (Å²) in [6.45, 7) is 4.10. The fourth-order valence-corrected chi connectivity index (χ4v) is 3.51. The second kappa shape index (κ2) is 10.1. The van der Waals surface area contributed by atoms with Crippen LogP contribution < -0.4 is 19.5 Å². The number of rotatable bonds is 10. The lowest BCUT2D eigenvalue weighted by molar-refractivity contribution is -0.118. The Morgan fingerprint density at radius 2 is 1.82 bits per heavy atom. The number of aryl methyl sites for hydroxylation is 1. The van der Waals surface area contributed by atoms with Gasteiger partial charge in [-0.1, -0.05) is 19.4 Å². The Morgan fingerprint density at radius 1 is 1.11 bits per heavy atom. The highest BCUT2D eigenvalue weighted by Crippen LogP contribution is 2.25. The van der Waals surface area contributed by atoms with Crippen LogP contribution in [0.2, 0.25) is 0 Å². The van der Waals surface area contributed by atoms with Gasteiger partial charge in [0.25, 0.3) is 5.91 Å². The lowest BCUT2D eigenvalue weighted by Gasteiger charge is -2.12. The van der Waals surface area contributed by atoms with Crippen LogP contribution in [0.4, 0.5) is 5.69 Å². The lowest BCUT2D eigenvalue weighted by atomic mass is 10.2. The van der Waals surface area contributed by atoms with Gasteiger partial charge >= 0.3 is 0 Å². The monoisotopic (exact) mass is 406 g/mol. The van der Waals surface area contributed by atoms with Crippen LogP contribution in [0.5, 0.6) is 11.5 Å². The molecule has 0 bridgehead atoms. The molecule has 0 saturated carbocycles. The Kier molecular flexibility index (Phi) is 7.83. The molecule has 0 spiro atoms. The number of anilines is 1. The Morgan fingerprint density at radius 3 is 2.46 bits per heavy atom. The number of amides is 1. The first-order valence-electron chi connectivity index (χ1n) is 9.02. The molecule has 0 unspecified atom stereocenters. The molecule has 8 heteroatoms. The van der Waals surface area contributed by atoms with Crippen LogP contribution >= 0.6 is 0 Å². The van der Waals surface area contributed by atoms with E-state index in [4.69, 9.17) is 9.47 Å². The van der Waals surface area contributed by atoms with Crippen molar-refractivity contribution >= 4 is 21.6 Å². The number of carbonyl (C=O) groups excluding carboxylic acids is 1. The molecule has 152 valence electrons. The van der Waals surface area contributed by atoms with Gasteiger partial charge in [0.2, 0.25) is 10.0 Å². The van der Waals surface area contributed by atoms with E-state index in [0.29, 0.717) is 23.7 Å². The van der Waals surface area contributed by atoms with Gasteiger partial charge in [-0.15, -0.1) is 0 Å². The van der Waals surface area contributed by atoms with E-state index in [0.717, 1.165) is 18.4 Å². The zero-order valence-corrected chi connectivity index (χ0v) is 17.1. The summed E-state index contributed by atoms with van der Waals surface area (Å²) in [6, 6.07) is 11.4. The normalized spacial score (nSPS) is 11.1. The molecule has 0 aliphatic heterocycles. The second-order valence-corrected chi connectivity index (χ2v) is 8.03. The highest BCUT2D eigenvalue weighted by Gasteiger charge is 2.13. The highest BCUT2D eigenvalue weighted by molar-refractivity contribution is 7.89. The van der Waals surface area contributed by atoms with Gasteiger partial charge in [-0.25, -0.2) is 13.1 Å². The van der Waals surface area contributed by atoms with Crippen molar-refractivity contribution in [2.45, 2.75) is 31.6 Å². The van der Waals surface area contributed by atoms with E-state index in [2.05, 4.69) is 10.0 Å². The smallest absolute Gasteiger partial charge is 0.262 e. The summed E-state index contributed by atoms with van der Waals surface area (Å²) in [5.74, 6) is 0.616. The molecule has 2 rings (SSSR count). The molecule has 0 radical (unpaired) electrons. The molecule has 0 aliphatic carbocycles. The quantitative estimate of drug-likeness (QED) is 0.592. The molecule has 0 saturated heterocycles. The van der Waals surface area contributed by atoms with E-state index in [1.54, 1.807) is 6.07 Å². The van der Waals surface area contributed by atoms with Crippen LogP contribution in [-0.4, -0.2) is 34.6 Å². The zero-order valence-electron chi connectivity index (χ0n) is 16.3. The minimum atomic E-state index is -3.53. The lowest BCUT2D eigenvalue weighted by Crippen LogP contribution is -2.24. The Labute approximate surface area is 166 Å². The number of methoxy groups -OCH3 is 1.